The van der Waals surface area contributed by atoms with Gasteiger partial charge in [-0.25, -0.2) is 15.0 Å². The molecule has 0 N–H and O–H groups in total. The summed E-state index contributed by atoms with van der Waals surface area (Å²) in [6, 6.07) is 2.45. The summed E-state index contributed by atoms with van der Waals surface area (Å²) in [7, 11) is 1.94. The van der Waals surface area contributed by atoms with Crippen LogP contribution in [-0.4, -0.2) is 47.4 Å². The van der Waals surface area contributed by atoms with Gasteiger partial charge in [0.25, 0.3) is 0 Å². The number of ether oxygens (including phenoxy) is 1. The van der Waals surface area contributed by atoms with E-state index in [1.807, 2.05) is 43.4 Å². The molecule has 25 heavy (non-hydrogen) atoms. The molecule has 0 aromatic carbocycles. The molecular formula is C17H21N7O. The van der Waals surface area contributed by atoms with Crippen molar-refractivity contribution in [2.45, 2.75) is 26.1 Å². The monoisotopic (exact) mass is 339 g/mol. The Morgan fingerprint density at radius 1 is 1.32 bits per heavy atom. The van der Waals surface area contributed by atoms with E-state index in [0.717, 1.165) is 25.3 Å². The maximum absolute atomic E-state index is 5.84. The highest BCUT2D eigenvalue weighted by Gasteiger charge is 2.26. The lowest BCUT2D eigenvalue weighted by Gasteiger charge is -2.33. The Labute approximate surface area is 146 Å². The van der Waals surface area contributed by atoms with Crippen LogP contribution in [0.25, 0.3) is 0 Å². The minimum atomic E-state index is 0.173. The Morgan fingerprint density at radius 3 is 3.04 bits per heavy atom. The van der Waals surface area contributed by atoms with Gasteiger partial charge in [0.1, 0.15) is 6.61 Å². The molecule has 4 heterocycles. The van der Waals surface area contributed by atoms with Crippen LogP contribution in [0.3, 0.4) is 0 Å². The van der Waals surface area contributed by atoms with Crippen LogP contribution in [0.1, 0.15) is 23.0 Å². The number of aromatic nitrogens is 6. The molecule has 8 nitrogen and oxygen atoms in total. The summed E-state index contributed by atoms with van der Waals surface area (Å²) < 4.78 is 9.86. The first-order valence-corrected chi connectivity index (χ1v) is 8.30. The Hall–Kier alpha value is -2.74. The second-order valence-electron chi connectivity index (χ2n) is 6.43. The van der Waals surface area contributed by atoms with E-state index >= 15 is 0 Å². The summed E-state index contributed by atoms with van der Waals surface area (Å²) in [5, 5.41) is 4.25. The fourth-order valence-corrected chi connectivity index (χ4v) is 3.19. The molecule has 0 saturated heterocycles. The second-order valence-corrected chi connectivity index (χ2v) is 6.43. The topological polar surface area (TPSA) is 73.9 Å². The molecule has 8 heteroatoms. The molecule has 0 unspecified atom stereocenters. The zero-order chi connectivity index (χ0) is 17.2. The zero-order valence-corrected chi connectivity index (χ0v) is 14.4. The van der Waals surface area contributed by atoms with Gasteiger partial charge >= 0.3 is 6.01 Å². The molecule has 3 aromatic heterocycles. The van der Waals surface area contributed by atoms with Crippen LogP contribution in [0.2, 0.25) is 0 Å². The average Bonchev–Trinajstić information content (AvgIpc) is 3.21. The molecule has 0 aliphatic carbocycles. The minimum absolute atomic E-state index is 0.173. The van der Waals surface area contributed by atoms with Crippen molar-refractivity contribution in [1.29, 1.82) is 0 Å². The largest absolute Gasteiger partial charge is 0.461 e. The molecule has 3 aromatic rings. The highest BCUT2D eigenvalue weighted by Crippen LogP contribution is 2.23. The molecular weight excluding hydrogens is 318 g/mol. The van der Waals surface area contributed by atoms with Crippen molar-refractivity contribution in [1.82, 2.24) is 34.2 Å². The lowest BCUT2D eigenvalue weighted by Crippen LogP contribution is -2.39. The van der Waals surface area contributed by atoms with Crippen molar-refractivity contribution < 1.29 is 4.74 Å². The molecule has 1 atom stereocenters. The molecule has 4 rings (SSSR count). The highest BCUT2D eigenvalue weighted by atomic mass is 16.5. The number of fused-ring (bicyclic) bond motifs is 1. The van der Waals surface area contributed by atoms with E-state index in [2.05, 4.69) is 35.7 Å². The van der Waals surface area contributed by atoms with Crippen molar-refractivity contribution in [2.24, 2.45) is 7.05 Å². The SMILES string of the molecule is Cc1ccnc(OC[C@@H]2CN(Cc3cnn(C)c3)Cc3cncn32)n1. The van der Waals surface area contributed by atoms with Gasteiger partial charge in [-0.3, -0.25) is 9.58 Å². The van der Waals surface area contributed by atoms with Crippen molar-refractivity contribution in [3.8, 4) is 6.01 Å². The smallest absolute Gasteiger partial charge is 0.316 e. The quantitative estimate of drug-likeness (QED) is 0.699. The highest BCUT2D eigenvalue weighted by molar-refractivity contribution is 5.09. The van der Waals surface area contributed by atoms with E-state index in [4.69, 9.17) is 4.74 Å². The van der Waals surface area contributed by atoms with Gasteiger partial charge in [0.15, 0.2) is 0 Å². The lowest BCUT2D eigenvalue weighted by atomic mass is 10.2. The van der Waals surface area contributed by atoms with E-state index in [-0.39, 0.29) is 6.04 Å². The summed E-state index contributed by atoms with van der Waals surface area (Å²) in [4.78, 5) is 15.2. The van der Waals surface area contributed by atoms with Gasteiger partial charge in [-0.2, -0.15) is 5.10 Å². The number of hydrogen-bond acceptors (Lipinski definition) is 6. The van der Waals surface area contributed by atoms with E-state index in [1.54, 1.807) is 6.20 Å². The van der Waals surface area contributed by atoms with Crippen molar-refractivity contribution >= 4 is 0 Å². The van der Waals surface area contributed by atoms with E-state index < -0.39 is 0 Å². The van der Waals surface area contributed by atoms with Crippen molar-refractivity contribution in [3.63, 3.8) is 0 Å². The van der Waals surface area contributed by atoms with E-state index in [0.29, 0.717) is 12.6 Å². The van der Waals surface area contributed by atoms with Crippen LogP contribution in [0.4, 0.5) is 0 Å². The summed E-state index contributed by atoms with van der Waals surface area (Å²) in [6.07, 6.45) is 9.49. The van der Waals surface area contributed by atoms with Gasteiger partial charge in [0.05, 0.1) is 24.3 Å². The first kappa shape index (κ1) is 15.8. The predicted octanol–water partition coefficient (Wildman–Crippen LogP) is 1.35. The Bertz CT molecular complexity index is 856. The second kappa shape index (κ2) is 6.64. The number of aryl methyl sites for hydroxylation is 2. The summed E-state index contributed by atoms with van der Waals surface area (Å²) in [5.41, 5.74) is 3.29. The number of imidazole rings is 1. The third-order valence-electron chi connectivity index (χ3n) is 4.34. The maximum Gasteiger partial charge on any atom is 0.316 e. The van der Waals surface area contributed by atoms with Crippen LogP contribution >= 0.6 is 0 Å². The molecule has 1 aliphatic heterocycles. The number of nitrogens with zero attached hydrogens (tertiary/aromatic N) is 7. The first-order valence-electron chi connectivity index (χ1n) is 8.30. The minimum Gasteiger partial charge on any atom is -0.461 e. The summed E-state index contributed by atoms with van der Waals surface area (Å²) in [6.45, 7) is 5.04. The van der Waals surface area contributed by atoms with Crippen LogP contribution in [-0.2, 0) is 20.1 Å². The third kappa shape index (κ3) is 3.53. The summed E-state index contributed by atoms with van der Waals surface area (Å²) >= 11 is 0. The van der Waals surface area contributed by atoms with Crippen LogP contribution in [0.5, 0.6) is 6.01 Å². The standard InChI is InChI=1S/C17H21N7O/c1-13-3-4-19-17(21-13)25-11-16-10-23(8-14-5-20-22(2)7-14)9-15-6-18-12-24(15)16/h3-7,12,16H,8-11H2,1-2H3/t16-/m0/s1. The molecule has 1 aliphatic rings. The van der Waals surface area contributed by atoms with Crippen LogP contribution in [0, 0.1) is 6.92 Å². The van der Waals surface area contributed by atoms with Gasteiger partial charge in [-0.05, 0) is 13.0 Å². The van der Waals surface area contributed by atoms with Crippen molar-refractivity contribution in [2.75, 3.05) is 13.2 Å². The fourth-order valence-electron chi connectivity index (χ4n) is 3.19. The number of hydrogen-bond donors (Lipinski definition) is 0. The van der Waals surface area contributed by atoms with Crippen LogP contribution < -0.4 is 4.74 Å². The van der Waals surface area contributed by atoms with Gasteiger partial charge in [-0.15, -0.1) is 0 Å². The molecule has 0 fully saturated rings. The molecule has 0 radical (unpaired) electrons. The molecule has 0 bridgehead atoms. The zero-order valence-electron chi connectivity index (χ0n) is 14.4. The van der Waals surface area contributed by atoms with E-state index in [9.17, 15) is 0 Å². The molecule has 130 valence electrons. The normalized spacial score (nSPS) is 17.4. The Morgan fingerprint density at radius 2 is 2.24 bits per heavy atom. The average molecular weight is 339 g/mol. The molecule has 0 spiro atoms. The Balaban J connectivity index is 1.46. The predicted molar refractivity (Wildman–Crippen MR) is 90.9 cm³/mol. The van der Waals surface area contributed by atoms with Crippen LogP contribution in [0.15, 0.2) is 37.2 Å². The van der Waals surface area contributed by atoms with Crippen molar-refractivity contribution in [3.05, 3.63) is 54.1 Å². The van der Waals surface area contributed by atoms with E-state index in [1.165, 1.54) is 11.3 Å². The number of rotatable bonds is 5. The van der Waals surface area contributed by atoms with Gasteiger partial charge in [0, 0.05) is 56.5 Å². The Kier molecular flexibility index (Phi) is 4.19. The fraction of sp³-hybridized carbons (Fsp3) is 0.412. The first-order chi connectivity index (χ1) is 12.2. The van der Waals surface area contributed by atoms with Gasteiger partial charge in [-0.1, -0.05) is 0 Å². The molecule has 0 saturated carbocycles. The summed E-state index contributed by atoms with van der Waals surface area (Å²) in [5.74, 6) is 0. The lowest BCUT2D eigenvalue weighted by molar-refractivity contribution is 0.132. The molecule has 0 amide bonds. The maximum atomic E-state index is 5.84. The van der Waals surface area contributed by atoms with Gasteiger partial charge in [0.2, 0.25) is 0 Å². The third-order valence-corrected chi connectivity index (χ3v) is 4.34. The van der Waals surface area contributed by atoms with Gasteiger partial charge < -0.3 is 9.30 Å².